The Hall–Kier alpha value is -0.410. The van der Waals surface area contributed by atoms with Gasteiger partial charge in [-0.25, -0.2) is 4.98 Å². The molecule has 1 aromatic rings. The van der Waals surface area contributed by atoms with E-state index in [1.54, 1.807) is 17.5 Å². The summed E-state index contributed by atoms with van der Waals surface area (Å²) in [6, 6.07) is 0. The maximum atomic E-state index is 9.85. The molecule has 1 fully saturated rings. The first-order valence-electron chi connectivity index (χ1n) is 3.78. The molecule has 0 saturated heterocycles. The van der Waals surface area contributed by atoms with Crippen LogP contribution < -0.4 is 0 Å². The molecule has 0 bridgehead atoms. The third-order valence-corrected chi connectivity index (χ3v) is 3.40. The quantitative estimate of drug-likeness (QED) is 0.693. The molecule has 0 amide bonds. The molecular formula is C8H11NOS. The first-order chi connectivity index (χ1) is 5.13. The van der Waals surface area contributed by atoms with Crippen molar-refractivity contribution in [3.8, 4) is 0 Å². The number of aromatic nitrogens is 1. The Morgan fingerprint density at radius 2 is 2.45 bits per heavy atom. The molecule has 60 valence electrons. The van der Waals surface area contributed by atoms with Crippen molar-refractivity contribution in [1.29, 1.82) is 0 Å². The number of nitrogens with zero attached hydrogens (tertiary/aromatic N) is 1. The van der Waals surface area contributed by atoms with Crippen molar-refractivity contribution in [2.75, 3.05) is 0 Å². The zero-order valence-electron chi connectivity index (χ0n) is 6.66. The van der Waals surface area contributed by atoms with Crippen LogP contribution in [-0.2, 0) is 5.60 Å². The van der Waals surface area contributed by atoms with Gasteiger partial charge in [0.25, 0.3) is 0 Å². The normalized spacial score (nSPS) is 35.7. The maximum Gasteiger partial charge on any atom is 0.103 e. The molecule has 0 radical (unpaired) electrons. The topological polar surface area (TPSA) is 33.1 Å². The zero-order valence-corrected chi connectivity index (χ0v) is 7.48. The molecule has 1 N–H and O–H groups in total. The predicted octanol–water partition coefficient (Wildman–Crippen LogP) is 1.68. The highest BCUT2D eigenvalue weighted by Gasteiger charge is 2.52. The van der Waals surface area contributed by atoms with E-state index in [1.165, 1.54) is 0 Å². The summed E-state index contributed by atoms with van der Waals surface area (Å²) in [7, 11) is 0. The SMILES string of the molecule is Cc1ncc(C2(O)CC2C)s1. The van der Waals surface area contributed by atoms with Gasteiger partial charge in [0.1, 0.15) is 5.60 Å². The van der Waals surface area contributed by atoms with Gasteiger partial charge in [0.2, 0.25) is 0 Å². The molecule has 3 heteroatoms. The lowest BCUT2D eigenvalue weighted by Gasteiger charge is -2.02. The Morgan fingerprint density at radius 1 is 1.82 bits per heavy atom. The Bertz CT molecular complexity index is 283. The summed E-state index contributed by atoms with van der Waals surface area (Å²) in [5.74, 6) is 0.419. The summed E-state index contributed by atoms with van der Waals surface area (Å²) in [6.45, 7) is 4.03. The highest BCUT2D eigenvalue weighted by molar-refractivity contribution is 7.11. The van der Waals surface area contributed by atoms with Gasteiger partial charge in [-0.3, -0.25) is 0 Å². The van der Waals surface area contributed by atoms with E-state index in [0.717, 1.165) is 16.3 Å². The molecule has 11 heavy (non-hydrogen) atoms. The van der Waals surface area contributed by atoms with Crippen molar-refractivity contribution in [2.45, 2.75) is 25.9 Å². The van der Waals surface area contributed by atoms with Crippen LogP contribution in [0.2, 0.25) is 0 Å². The fourth-order valence-electron chi connectivity index (χ4n) is 1.31. The summed E-state index contributed by atoms with van der Waals surface area (Å²) in [6.07, 6.45) is 2.69. The second-order valence-electron chi connectivity index (χ2n) is 3.27. The lowest BCUT2D eigenvalue weighted by atomic mass is 10.2. The monoisotopic (exact) mass is 169 g/mol. The van der Waals surface area contributed by atoms with E-state index in [-0.39, 0.29) is 0 Å². The zero-order chi connectivity index (χ0) is 8.06. The van der Waals surface area contributed by atoms with Crippen LogP contribution in [-0.4, -0.2) is 10.1 Å². The molecule has 2 atom stereocenters. The van der Waals surface area contributed by atoms with Gasteiger partial charge in [0, 0.05) is 6.20 Å². The van der Waals surface area contributed by atoms with Crippen molar-refractivity contribution in [3.05, 3.63) is 16.1 Å². The van der Waals surface area contributed by atoms with Crippen LogP contribution in [0.4, 0.5) is 0 Å². The summed E-state index contributed by atoms with van der Waals surface area (Å²) in [4.78, 5) is 5.15. The van der Waals surface area contributed by atoms with Gasteiger partial charge in [0.15, 0.2) is 0 Å². The molecule has 1 saturated carbocycles. The summed E-state index contributed by atoms with van der Waals surface area (Å²) in [5.41, 5.74) is -0.522. The van der Waals surface area contributed by atoms with E-state index in [9.17, 15) is 5.11 Å². The Balaban J connectivity index is 2.31. The number of aryl methyl sites for hydroxylation is 1. The van der Waals surface area contributed by atoms with E-state index in [0.29, 0.717) is 5.92 Å². The molecule has 2 nitrogen and oxygen atoms in total. The molecule has 2 unspecified atom stereocenters. The Labute approximate surface area is 69.9 Å². The highest BCUT2D eigenvalue weighted by atomic mass is 32.1. The average Bonchev–Trinajstić information content (AvgIpc) is 2.44. The Morgan fingerprint density at radius 3 is 2.82 bits per heavy atom. The van der Waals surface area contributed by atoms with Crippen LogP contribution in [0.25, 0.3) is 0 Å². The van der Waals surface area contributed by atoms with Crippen LogP contribution in [0, 0.1) is 12.8 Å². The molecular weight excluding hydrogens is 158 g/mol. The van der Waals surface area contributed by atoms with E-state index in [4.69, 9.17) is 0 Å². The molecule has 0 aromatic carbocycles. The van der Waals surface area contributed by atoms with Crippen LogP contribution in [0.5, 0.6) is 0 Å². The van der Waals surface area contributed by atoms with Gasteiger partial charge < -0.3 is 5.11 Å². The van der Waals surface area contributed by atoms with Crippen LogP contribution in [0.1, 0.15) is 23.2 Å². The minimum atomic E-state index is -0.522. The van der Waals surface area contributed by atoms with Gasteiger partial charge in [-0.1, -0.05) is 6.92 Å². The van der Waals surface area contributed by atoms with Crippen LogP contribution in [0.15, 0.2) is 6.20 Å². The first kappa shape index (κ1) is 7.25. The molecule has 1 heterocycles. The molecule has 1 aromatic heterocycles. The maximum absolute atomic E-state index is 9.85. The largest absolute Gasteiger partial charge is 0.384 e. The third kappa shape index (κ3) is 0.993. The molecule has 0 spiro atoms. The van der Waals surface area contributed by atoms with Gasteiger partial charge in [-0.15, -0.1) is 11.3 Å². The standard InChI is InChI=1S/C8H11NOS/c1-5-3-8(5,10)7-4-9-6(2)11-7/h4-5,10H,3H2,1-2H3. The summed E-state index contributed by atoms with van der Waals surface area (Å²) < 4.78 is 0. The van der Waals surface area contributed by atoms with E-state index in [1.807, 2.05) is 6.92 Å². The fourth-order valence-corrected chi connectivity index (χ4v) is 2.30. The smallest absolute Gasteiger partial charge is 0.103 e. The Kier molecular flexibility index (Phi) is 1.35. The first-order valence-corrected chi connectivity index (χ1v) is 4.60. The van der Waals surface area contributed by atoms with Gasteiger partial charge in [0.05, 0.1) is 9.88 Å². The van der Waals surface area contributed by atoms with Crippen molar-refractivity contribution < 1.29 is 5.11 Å². The second kappa shape index (κ2) is 2.05. The van der Waals surface area contributed by atoms with Crippen molar-refractivity contribution in [3.63, 3.8) is 0 Å². The van der Waals surface area contributed by atoms with Gasteiger partial charge >= 0.3 is 0 Å². The highest BCUT2D eigenvalue weighted by Crippen LogP contribution is 2.52. The van der Waals surface area contributed by atoms with Crippen LogP contribution >= 0.6 is 11.3 Å². The average molecular weight is 169 g/mol. The van der Waals surface area contributed by atoms with Gasteiger partial charge in [-0.05, 0) is 19.3 Å². The van der Waals surface area contributed by atoms with Gasteiger partial charge in [-0.2, -0.15) is 0 Å². The van der Waals surface area contributed by atoms with Crippen LogP contribution in [0.3, 0.4) is 0 Å². The fraction of sp³-hybridized carbons (Fsp3) is 0.625. The minimum Gasteiger partial charge on any atom is -0.384 e. The molecule has 1 aliphatic carbocycles. The number of rotatable bonds is 1. The second-order valence-corrected chi connectivity index (χ2v) is 4.51. The van der Waals surface area contributed by atoms with E-state index in [2.05, 4.69) is 11.9 Å². The van der Waals surface area contributed by atoms with Crippen molar-refractivity contribution in [2.24, 2.45) is 5.92 Å². The summed E-state index contributed by atoms with van der Waals surface area (Å²) >= 11 is 1.60. The number of hydrogen-bond donors (Lipinski definition) is 1. The predicted molar refractivity (Wildman–Crippen MR) is 44.5 cm³/mol. The number of hydrogen-bond acceptors (Lipinski definition) is 3. The van der Waals surface area contributed by atoms with E-state index < -0.39 is 5.60 Å². The van der Waals surface area contributed by atoms with Crippen molar-refractivity contribution in [1.82, 2.24) is 4.98 Å². The third-order valence-electron chi connectivity index (χ3n) is 2.32. The number of aliphatic hydroxyl groups is 1. The molecule has 1 aliphatic rings. The molecule has 0 aliphatic heterocycles. The summed E-state index contributed by atoms with van der Waals surface area (Å²) in [5, 5.41) is 10.9. The molecule has 2 rings (SSSR count). The number of thiazole rings is 1. The van der Waals surface area contributed by atoms with E-state index >= 15 is 0 Å². The minimum absolute atomic E-state index is 0.419. The lowest BCUT2D eigenvalue weighted by molar-refractivity contribution is 0.138. The van der Waals surface area contributed by atoms with Crippen molar-refractivity contribution >= 4 is 11.3 Å². The lowest BCUT2D eigenvalue weighted by Crippen LogP contribution is -2.04.